The smallest absolute Gasteiger partial charge is 0.340 e. The SMILES string of the molecule is CCOC(=O)/C(=C/c1ccc(OC)cc1)N=[N+]=[N-]. The van der Waals surface area contributed by atoms with E-state index in [-0.39, 0.29) is 12.3 Å². The van der Waals surface area contributed by atoms with Crippen molar-refractivity contribution in [3.63, 3.8) is 0 Å². The van der Waals surface area contributed by atoms with Crippen LogP contribution in [0.3, 0.4) is 0 Å². The Labute approximate surface area is 104 Å². The highest BCUT2D eigenvalue weighted by molar-refractivity contribution is 5.93. The zero-order chi connectivity index (χ0) is 13.4. The number of methoxy groups -OCH3 is 1. The molecular formula is C12H13N3O3. The highest BCUT2D eigenvalue weighted by Gasteiger charge is 2.08. The minimum atomic E-state index is -0.647. The maximum Gasteiger partial charge on any atom is 0.340 e. The second kappa shape index (κ2) is 6.98. The third-order valence-electron chi connectivity index (χ3n) is 2.06. The zero-order valence-corrected chi connectivity index (χ0v) is 10.2. The van der Waals surface area contributed by atoms with Crippen LogP contribution in [0.4, 0.5) is 0 Å². The Morgan fingerprint density at radius 3 is 2.61 bits per heavy atom. The third kappa shape index (κ3) is 3.84. The Balaban J connectivity index is 2.99. The molecule has 0 bridgehead atoms. The summed E-state index contributed by atoms with van der Waals surface area (Å²) in [5.41, 5.74) is 9.04. The summed E-state index contributed by atoms with van der Waals surface area (Å²) in [6.07, 6.45) is 1.46. The molecule has 6 nitrogen and oxygen atoms in total. The Morgan fingerprint density at radius 1 is 1.44 bits per heavy atom. The van der Waals surface area contributed by atoms with E-state index < -0.39 is 5.97 Å². The van der Waals surface area contributed by atoms with E-state index in [2.05, 4.69) is 10.0 Å². The van der Waals surface area contributed by atoms with E-state index in [1.807, 2.05) is 0 Å². The van der Waals surface area contributed by atoms with E-state index in [4.69, 9.17) is 15.0 Å². The molecule has 18 heavy (non-hydrogen) atoms. The monoisotopic (exact) mass is 247 g/mol. The summed E-state index contributed by atoms with van der Waals surface area (Å²) in [6.45, 7) is 1.90. The molecule has 0 spiro atoms. The van der Waals surface area contributed by atoms with Gasteiger partial charge in [0.05, 0.1) is 13.7 Å². The lowest BCUT2D eigenvalue weighted by atomic mass is 10.2. The molecule has 1 aromatic carbocycles. The van der Waals surface area contributed by atoms with Crippen molar-refractivity contribution in [1.82, 2.24) is 0 Å². The Kier molecular flexibility index (Phi) is 5.28. The first-order valence-corrected chi connectivity index (χ1v) is 5.29. The molecule has 94 valence electrons. The molecule has 0 saturated carbocycles. The van der Waals surface area contributed by atoms with E-state index in [1.165, 1.54) is 6.08 Å². The lowest BCUT2D eigenvalue weighted by Crippen LogP contribution is -2.05. The van der Waals surface area contributed by atoms with Gasteiger partial charge < -0.3 is 9.47 Å². The average Bonchev–Trinajstić information content (AvgIpc) is 2.39. The number of hydrogen-bond donors (Lipinski definition) is 0. The van der Waals surface area contributed by atoms with Crippen LogP contribution in [0.5, 0.6) is 5.75 Å². The molecule has 1 aromatic rings. The van der Waals surface area contributed by atoms with Crippen molar-refractivity contribution in [2.45, 2.75) is 6.92 Å². The maximum absolute atomic E-state index is 11.5. The second-order valence-corrected chi connectivity index (χ2v) is 3.21. The van der Waals surface area contributed by atoms with E-state index in [0.29, 0.717) is 11.3 Å². The summed E-state index contributed by atoms with van der Waals surface area (Å²) < 4.78 is 9.79. The minimum Gasteiger partial charge on any atom is -0.497 e. The standard InChI is InChI=1S/C12H13N3O3/c1-3-18-12(16)11(14-15-13)8-9-4-6-10(17-2)7-5-9/h4-8H,3H2,1-2H3/b11-8-. The highest BCUT2D eigenvalue weighted by Crippen LogP contribution is 2.15. The quantitative estimate of drug-likeness (QED) is 0.263. The topological polar surface area (TPSA) is 84.3 Å². The van der Waals surface area contributed by atoms with Crippen molar-refractivity contribution >= 4 is 12.0 Å². The summed E-state index contributed by atoms with van der Waals surface area (Å²) in [5, 5.41) is 3.32. The van der Waals surface area contributed by atoms with Crippen LogP contribution in [0, 0.1) is 0 Å². The van der Waals surface area contributed by atoms with Crippen LogP contribution in [-0.4, -0.2) is 19.7 Å². The van der Waals surface area contributed by atoms with E-state index in [0.717, 1.165) is 0 Å². The van der Waals surface area contributed by atoms with Crippen LogP contribution in [-0.2, 0) is 9.53 Å². The van der Waals surface area contributed by atoms with Gasteiger partial charge in [-0.3, -0.25) is 0 Å². The fourth-order valence-corrected chi connectivity index (χ4v) is 1.24. The molecule has 0 radical (unpaired) electrons. The lowest BCUT2D eigenvalue weighted by Gasteiger charge is -2.02. The molecule has 0 unspecified atom stereocenters. The van der Waals surface area contributed by atoms with Crippen molar-refractivity contribution in [2.24, 2.45) is 5.11 Å². The van der Waals surface area contributed by atoms with Gasteiger partial charge in [-0.25, -0.2) is 4.79 Å². The van der Waals surface area contributed by atoms with Crippen molar-refractivity contribution in [3.05, 3.63) is 46.0 Å². The second-order valence-electron chi connectivity index (χ2n) is 3.21. The van der Waals surface area contributed by atoms with E-state index in [1.54, 1.807) is 38.3 Å². The molecule has 0 aliphatic carbocycles. The normalized spacial score (nSPS) is 10.4. The zero-order valence-electron chi connectivity index (χ0n) is 10.2. The number of carbonyl (C=O) groups is 1. The Bertz CT molecular complexity index is 488. The number of rotatable bonds is 5. The summed E-state index contributed by atoms with van der Waals surface area (Å²) in [5.74, 6) is 0.0553. The van der Waals surface area contributed by atoms with Gasteiger partial charge in [0.15, 0.2) is 0 Å². The number of nitrogens with zero attached hydrogens (tertiary/aromatic N) is 3. The largest absolute Gasteiger partial charge is 0.497 e. The van der Waals surface area contributed by atoms with Crippen LogP contribution in [0.25, 0.3) is 16.5 Å². The maximum atomic E-state index is 11.5. The Morgan fingerprint density at radius 2 is 2.11 bits per heavy atom. The van der Waals surface area contributed by atoms with Crippen LogP contribution in [0.2, 0.25) is 0 Å². The van der Waals surface area contributed by atoms with Gasteiger partial charge >= 0.3 is 5.97 Å². The molecule has 0 N–H and O–H groups in total. The molecular weight excluding hydrogens is 234 g/mol. The van der Waals surface area contributed by atoms with Gasteiger partial charge in [-0.1, -0.05) is 17.2 Å². The summed E-state index contributed by atoms with van der Waals surface area (Å²) >= 11 is 0. The first kappa shape index (κ1) is 13.6. The first-order valence-electron chi connectivity index (χ1n) is 5.29. The Hall–Kier alpha value is -2.46. The van der Waals surface area contributed by atoms with Gasteiger partial charge in [0, 0.05) is 4.91 Å². The first-order chi connectivity index (χ1) is 8.71. The third-order valence-corrected chi connectivity index (χ3v) is 2.06. The van der Waals surface area contributed by atoms with Crippen molar-refractivity contribution in [1.29, 1.82) is 0 Å². The lowest BCUT2D eigenvalue weighted by molar-refractivity contribution is -0.138. The molecule has 0 amide bonds. The van der Waals surface area contributed by atoms with Gasteiger partial charge in [0.1, 0.15) is 11.4 Å². The molecule has 0 heterocycles. The molecule has 0 aliphatic rings. The molecule has 0 atom stereocenters. The van der Waals surface area contributed by atoms with Crippen LogP contribution in [0.15, 0.2) is 35.1 Å². The predicted octanol–water partition coefficient (Wildman–Crippen LogP) is 2.91. The number of benzene rings is 1. The van der Waals surface area contributed by atoms with Crippen molar-refractivity contribution in [3.8, 4) is 5.75 Å². The predicted molar refractivity (Wildman–Crippen MR) is 66.8 cm³/mol. The molecule has 0 aliphatic heterocycles. The average molecular weight is 247 g/mol. The van der Waals surface area contributed by atoms with Crippen LogP contribution in [0.1, 0.15) is 12.5 Å². The summed E-state index contributed by atoms with van der Waals surface area (Å²) in [6, 6.07) is 6.96. The van der Waals surface area contributed by atoms with Gasteiger partial charge in [-0.2, -0.15) is 0 Å². The summed E-state index contributed by atoms with van der Waals surface area (Å²) in [7, 11) is 1.56. The van der Waals surface area contributed by atoms with Gasteiger partial charge in [-0.15, -0.1) is 0 Å². The van der Waals surface area contributed by atoms with Crippen molar-refractivity contribution in [2.75, 3.05) is 13.7 Å². The molecule has 0 aromatic heterocycles. The van der Waals surface area contributed by atoms with Crippen LogP contribution < -0.4 is 4.74 Å². The molecule has 6 heteroatoms. The number of ether oxygens (including phenoxy) is 2. The van der Waals surface area contributed by atoms with Crippen LogP contribution >= 0.6 is 0 Å². The molecule has 1 rings (SSSR count). The number of hydrogen-bond acceptors (Lipinski definition) is 4. The molecule has 0 fully saturated rings. The number of azide groups is 1. The van der Waals surface area contributed by atoms with Gasteiger partial charge in [-0.05, 0) is 36.2 Å². The van der Waals surface area contributed by atoms with E-state index in [9.17, 15) is 4.79 Å². The van der Waals surface area contributed by atoms with Gasteiger partial charge in [0.25, 0.3) is 0 Å². The summed E-state index contributed by atoms with van der Waals surface area (Å²) in [4.78, 5) is 14.1. The van der Waals surface area contributed by atoms with Gasteiger partial charge in [0.2, 0.25) is 0 Å². The fraction of sp³-hybridized carbons (Fsp3) is 0.250. The van der Waals surface area contributed by atoms with Crippen molar-refractivity contribution < 1.29 is 14.3 Å². The number of carbonyl (C=O) groups excluding carboxylic acids is 1. The fourth-order valence-electron chi connectivity index (χ4n) is 1.24. The van der Waals surface area contributed by atoms with E-state index >= 15 is 0 Å². The minimum absolute atomic E-state index is 0.0792. The number of esters is 1. The highest BCUT2D eigenvalue weighted by atomic mass is 16.5. The molecule has 0 saturated heterocycles.